The molecule has 0 saturated heterocycles. The quantitative estimate of drug-likeness (QED) is 0.899. The van der Waals surface area contributed by atoms with Gasteiger partial charge >= 0.3 is 5.97 Å². The maximum absolute atomic E-state index is 12.0. The van der Waals surface area contributed by atoms with Crippen molar-refractivity contribution in [1.82, 2.24) is 0 Å². The minimum absolute atomic E-state index is 0.504. The number of ether oxygens (including phenoxy) is 2. The Bertz CT molecular complexity index is 576. The Morgan fingerprint density at radius 1 is 1.33 bits per heavy atom. The van der Waals surface area contributed by atoms with Gasteiger partial charge in [-0.1, -0.05) is 19.8 Å². The molecular formula is C16H19BrO4. The van der Waals surface area contributed by atoms with Crippen LogP contribution in [0.3, 0.4) is 0 Å². The van der Waals surface area contributed by atoms with Crippen LogP contribution in [0.2, 0.25) is 0 Å². The predicted octanol–water partition coefficient (Wildman–Crippen LogP) is 3.68. The summed E-state index contributed by atoms with van der Waals surface area (Å²) in [4.78, 5) is 12.0. The van der Waals surface area contributed by atoms with Gasteiger partial charge in [0.15, 0.2) is 11.5 Å². The number of carboxylic acids is 1. The van der Waals surface area contributed by atoms with Crippen LogP contribution < -0.4 is 9.47 Å². The van der Waals surface area contributed by atoms with Crippen LogP contribution in [0.25, 0.3) is 0 Å². The number of halogens is 1. The highest BCUT2D eigenvalue weighted by Gasteiger charge is 2.45. The van der Waals surface area contributed by atoms with E-state index in [2.05, 4.69) is 15.9 Å². The van der Waals surface area contributed by atoms with Crippen molar-refractivity contribution in [3.63, 3.8) is 0 Å². The van der Waals surface area contributed by atoms with Crippen molar-refractivity contribution in [3.8, 4) is 11.5 Å². The molecule has 0 atom stereocenters. The Hall–Kier alpha value is -1.23. The number of carboxylic acid groups (broad SMARTS) is 1. The summed E-state index contributed by atoms with van der Waals surface area (Å²) in [6, 6.07) is 1.90. The normalized spacial score (nSPS) is 19.5. The van der Waals surface area contributed by atoms with E-state index in [1.165, 1.54) is 0 Å². The molecule has 1 fully saturated rings. The van der Waals surface area contributed by atoms with Crippen molar-refractivity contribution in [2.24, 2.45) is 0 Å². The molecule has 3 rings (SSSR count). The first-order chi connectivity index (χ1) is 10.1. The van der Waals surface area contributed by atoms with E-state index < -0.39 is 11.4 Å². The lowest BCUT2D eigenvalue weighted by Crippen LogP contribution is -2.34. The molecule has 0 radical (unpaired) electrons. The predicted molar refractivity (Wildman–Crippen MR) is 82.3 cm³/mol. The van der Waals surface area contributed by atoms with Crippen LogP contribution in [0, 0.1) is 0 Å². The number of fused-ring (bicyclic) bond motifs is 1. The second-order valence-electron chi connectivity index (χ2n) is 5.69. The van der Waals surface area contributed by atoms with Crippen molar-refractivity contribution in [2.45, 2.75) is 44.4 Å². The Morgan fingerprint density at radius 2 is 2.00 bits per heavy atom. The van der Waals surface area contributed by atoms with Crippen LogP contribution in [-0.2, 0) is 16.6 Å². The standard InChI is InChI=1S/C16H19BrO4/c1-2-10-11(16(15(18)19)5-3-4-6-16)9-12-14(13(10)17)21-8-7-20-12/h9H,2-8H2,1H3,(H,18,19). The van der Waals surface area contributed by atoms with Gasteiger partial charge in [0.1, 0.15) is 13.2 Å². The van der Waals surface area contributed by atoms with E-state index in [-0.39, 0.29) is 0 Å². The molecule has 0 spiro atoms. The van der Waals surface area contributed by atoms with Gasteiger partial charge in [-0.3, -0.25) is 4.79 Å². The van der Waals surface area contributed by atoms with Gasteiger partial charge in [0.25, 0.3) is 0 Å². The lowest BCUT2D eigenvalue weighted by atomic mass is 9.76. The average molecular weight is 355 g/mol. The minimum atomic E-state index is -0.774. The van der Waals surface area contributed by atoms with Gasteiger partial charge in [0, 0.05) is 0 Å². The summed E-state index contributed by atoms with van der Waals surface area (Å²) in [6.45, 7) is 3.08. The van der Waals surface area contributed by atoms with E-state index >= 15 is 0 Å². The summed E-state index contributed by atoms with van der Waals surface area (Å²) in [5.74, 6) is 0.645. The first kappa shape index (κ1) is 14.7. The maximum Gasteiger partial charge on any atom is 0.314 e. The van der Waals surface area contributed by atoms with Crippen LogP contribution in [0.1, 0.15) is 43.7 Å². The van der Waals surface area contributed by atoms with Crippen molar-refractivity contribution >= 4 is 21.9 Å². The van der Waals surface area contributed by atoms with Crippen molar-refractivity contribution in [1.29, 1.82) is 0 Å². The Kier molecular flexibility index (Phi) is 3.86. The number of rotatable bonds is 3. The first-order valence-corrected chi connectivity index (χ1v) is 8.24. The van der Waals surface area contributed by atoms with Crippen LogP contribution in [0.4, 0.5) is 0 Å². The topological polar surface area (TPSA) is 55.8 Å². The smallest absolute Gasteiger partial charge is 0.314 e. The molecule has 1 saturated carbocycles. The molecule has 4 nitrogen and oxygen atoms in total. The van der Waals surface area contributed by atoms with Gasteiger partial charge < -0.3 is 14.6 Å². The average Bonchev–Trinajstić information content (AvgIpc) is 2.98. The molecule has 21 heavy (non-hydrogen) atoms. The highest BCUT2D eigenvalue weighted by atomic mass is 79.9. The summed E-state index contributed by atoms with van der Waals surface area (Å²) in [5, 5.41) is 9.84. The van der Waals surface area contributed by atoms with Gasteiger partial charge in [-0.2, -0.15) is 0 Å². The van der Waals surface area contributed by atoms with E-state index in [9.17, 15) is 9.90 Å². The molecule has 1 aliphatic carbocycles. The number of benzene rings is 1. The molecule has 1 aromatic rings. The molecule has 1 aliphatic heterocycles. The highest BCUT2D eigenvalue weighted by Crippen LogP contribution is 2.49. The van der Waals surface area contributed by atoms with Crippen molar-refractivity contribution in [3.05, 3.63) is 21.7 Å². The third-order valence-electron chi connectivity index (χ3n) is 4.61. The number of hydrogen-bond donors (Lipinski definition) is 1. The summed E-state index contributed by atoms with van der Waals surface area (Å²) in [7, 11) is 0. The van der Waals surface area contributed by atoms with Gasteiger partial charge in [-0.15, -0.1) is 0 Å². The minimum Gasteiger partial charge on any atom is -0.486 e. The molecule has 1 aromatic carbocycles. The summed E-state index contributed by atoms with van der Waals surface area (Å²) >= 11 is 3.60. The van der Waals surface area contributed by atoms with Crippen molar-refractivity contribution in [2.75, 3.05) is 13.2 Å². The first-order valence-electron chi connectivity index (χ1n) is 7.45. The van der Waals surface area contributed by atoms with E-state index in [4.69, 9.17) is 9.47 Å². The van der Waals surface area contributed by atoms with Gasteiger partial charge in [0.05, 0.1) is 9.89 Å². The van der Waals surface area contributed by atoms with Gasteiger partial charge in [-0.05, 0) is 52.4 Å². The number of aliphatic carboxylic acids is 1. The summed E-state index contributed by atoms with van der Waals surface area (Å²) in [6.07, 6.45) is 4.08. The van der Waals surface area contributed by atoms with E-state index in [0.717, 1.165) is 34.9 Å². The Morgan fingerprint density at radius 3 is 2.62 bits per heavy atom. The van der Waals surface area contributed by atoms with E-state index in [0.29, 0.717) is 37.6 Å². The fraction of sp³-hybridized carbons (Fsp3) is 0.562. The highest BCUT2D eigenvalue weighted by molar-refractivity contribution is 9.10. The molecule has 0 amide bonds. The van der Waals surface area contributed by atoms with Crippen LogP contribution >= 0.6 is 15.9 Å². The third-order valence-corrected chi connectivity index (χ3v) is 5.45. The molecule has 1 N–H and O–H groups in total. The zero-order valence-electron chi connectivity index (χ0n) is 12.1. The van der Waals surface area contributed by atoms with Crippen LogP contribution in [0.5, 0.6) is 11.5 Å². The number of carbonyl (C=O) groups is 1. The third kappa shape index (κ3) is 2.22. The van der Waals surface area contributed by atoms with Crippen LogP contribution in [0.15, 0.2) is 10.5 Å². The summed E-state index contributed by atoms with van der Waals surface area (Å²) in [5.41, 5.74) is 1.15. The molecule has 5 heteroatoms. The van der Waals surface area contributed by atoms with Gasteiger partial charge in [0.2, 0.25) is 0 Å². The molecule has 114 valence electrons. The Balaban J connectivity index is 2.21. The molecule has 0 unspecified atom stereocenters. The lowest BCUT2D eigenvalue weighted by molar-refractivity contribution is -0.143. The fourth-order valence-electron chi connectivity index (χ4n) is 3.53. The zero-order valence-corrected chi connectivity index (χ0v) is 13.7. The monoisotopic (exact) mass is 354 g/mol. The van der Waals surface area contributed by atoms with E-state index in [1.54, 1.807) is 0 Å². The fourth-order valence-corrected chi connectivity index (χ4v) is 4.34. The summed E-state index contributed by atoms with van der Waals surface area (Å²) < 4.78 is 12.2. The molecule has 0 bridgehead atoms. The molecule has 1 heterocycles. The van der Waals surface area contributed by atoms with Crippen molar-refractivity contribution < 1.29 is 19.4 Å². The SMILES string of the molecule is CCc1c(C2(C(=O)O)CCCC2)cc2c(c1Br)OCCO2. The second-order valence-corrected chi connectivity index (χ2v) is 6.48. The van der Waals surface area contributed by atoms with E-state index in [1.807, 2.05) is 13.0 Å². The number of hydrogen-bond acceptors (Lipinski definition) is 3. The van der Waals surface area contributed by atoms with Crippen LogP contribution in [-0.4, -0.2) is 24.3 Å². The zero-order chi connectivity index (χ0) is 15.0. The molecule has 2 aliphatic rings. The molecular weight excluding hydrogens is 336 g/mol. The lowest BCUT2D eigenvalue weighted by Gasteiger charge is -2.30. The largest absolute Gasteiger partial charge is 0.486 e. The maximum atomic E-state index is 12.0. The second kappa shape index (κ2) is 5.52. The molecule has 0 aromatic heterocycles. The van der Waals surface area contributed by atoms with Gasteiger partial charge in [-0.25, -0.2) is 0 Å². The Labute approximate surface area is 132 Å².